The molecule has 0 heteroatoms. The fourth-order valence-corrected chi connectivity index (χ4v) is 1.46. The molecule has 0 heterocycles. The first-order valence-corrected chi connectivity index (χ1v) is 6.49. The number of benzene rings is 1. The molecule has 0 atom stereocenters. The molecule has 0 spiro atoms. The molecule has 1 aromatic rings. The molecule has 90 valence electrons. The largest absolute Gasteiger partial charge is 0.103 e. The molecular weight excluding hydrogens is 192 g/mol. The molecule has 0 saturated carbocycles. The summed E-state index contributed by atoms with van der Waals surface area (Å²) in [6.07, 6.45) is 9.89. The van der Waals surface area contributed by atoms with E-state index in [-0.39, 0.29) is 0 Å². The van der Waals surface area contributed by atoms with E-state index in [1.165, 1.54) is 37.7 Å². The number of unbranched alkanes of at least 4 members (excludes halogenated alkanes) is 4. The van der Waals surface area contributed by atoms with Crippen molar-refractivity contribution >= 4 is 0 Å². The summed E-state index contributed by atoms with van der Waals surface area (Å²) in [5, 5.41) is 0. The quantitative estimate of drug-likeness (QED) is 0.443. The minimum atomic E-state index is 0.973. The second-order valence-corrected chi connectivity index (χ2v) is 4.04. The Bertz CT molecular complexity index is 231. The third kappa shape index (κ3) is 9.51. The highest BCUT2D eigenvalue weighted by atomic mass is 13.9. The molecule has 1 aromatic carbocycles. The van der Waals surface area contributed by atoms with Gasteiger partial charge in [-0.3, -0.25) is 0 Å². The summed E-state index contributed by atoms with van der Waals surface area (Å²) in [6, 6.07) is 10.3. The third-order valence-corrected chi connectivity index (χ3v) is 2.43. The molecule has 0 aromatic heterocycles. The topological polar surface area (TPSA) is 0 Å². The summed E-state index contributed by atoms with van der Waals surface area (Å²) in [7, 11) is 0. The predicted molar refractivity (Wildman–Crippen MR) is 74.8 cm³/mol. The summed E-state index contributed by atoms with van der Waals surface area (Å²) >= 11 is 0. The Hall–Kier alpha value is -1.04. The van der Waals surface area contributed by atoms with Crippen molar-refractivity contribution in [3.63, 3.8) is 0 Å². The molecule has 0 bridgehead atoms. The Morgan fingerprint density at radius 1 is 0.938 bits per heavy atom. The van der Waals surface area contributed by atoms with Crippen LogP contribution < -0.4 is 0 Å². The zero-order valence-electron chi connectivity index (χ0n) is 10.9. The Morgan fingerprint density at radius 3 is 1.94 bits per heavy atom. The standard InChI is InChI=1S/C9H10.C7H16/c1-2-6-9-7-4-3-5-8-9;1-3-5-7-6-4-2/h2-5,7-8H,1,6H2;3-7H2,1-2H3. The first-order chi connectivity index (χ1) is 7.85. The molecule has 0 aliphatic carbocycles. The van der Waals surface area contributed by atoms with Crippen molar-refractivity contribution in [1.29, 1.82) is 0 Å². The van der Waals surface area contributed by atoms with Crippen LogP contribution in [0.2, 0.25) is 0 Å². The molecule has 0 radical (unpaired) electrons. The highest BCUT2D eigenvalue weighted by Crippen LogP contribution is 2.00. The fourth-order valence-electron chi connectivity index (χ4n) is 1.46. The lowest BCUT2D eigenvalue weighted by Crippen LogP contribution is -1.75. The van der Waals surface area contributed by atoms with E-state index >= 15 is 0 Å². The lowest BCUT2D eigenvalue weighted by Gasteiger charge is -1.91. The second kappa shape index (κ2) is 12.0. The minimum absolute atomic E-state index is 0.973. The van der Waals surface area contributed by atoms with Crippen LogP contribution in [0.25, 0.3) is 0 Å². The van der Waals surface area contributed by atoms with Crippen LogP contribution in [-0.4, -0.2) is 0 Å². The van der Waals surface area contributed by atoms with Crippen LogP contribution in [0.5, 0.6) is 0 Å². The molecule has 0 N–H and O–H groups in total. The van der Waals surface area contributed by atoms with Gasteiger partial charge in [-0.15, -0.1) is 6.58 Å². The third-order valence-electron chi connectivity index (χ3n) is 2.43. The lowest BCUT2D eigenvalue weighted by atomic mass is 10.2. The van der Waals surface area contributed by atoms with Gasteiger partial charge in [-0.2, -0.15) is 0 Å². The van der Waals surface area contributed by atoms with Gasteiger partial charge in [0.15, 0.2) is 0 Å². The molecule has 0 fully saturated rings. The molecule has 1 rings (SSSR count). The maximum absolute atomic E-state index is 3.66. The number of allylic oxidation sites excluding steroid dienone is 1. The van der Waals surface area contributed by atoms with Gasteiger partial charge >= 0.3 is 0 Å². The van der Waals surface area contributed by atoms with Crippen LogP contribution in [0.15, 0.2) is 43.0 Å². The molecule has 0 unspecified atom stereocenters. The summed E-state index contributed by atoms with van der Waals surface area (Å²) in [6.45, 7) is 8.15. The predicted octanol–water partition coefficient (Wildman–Crippen LogP) is 5.39. The Balaban J connectivity index is 0.000000293. The van der Waals surface area contributed by atoms with Crippen LogP contribution in [0.4, 0.5) is 0 Å². The van der Waals surface area contributed by atoms with Gasteiger partial charge in [0.05, 0.1) is 0 Å². The van der Waals surface area contributed by atoms with Gasteiger partial charge in [0.1, 0.15) is 0 Å². The maximum atomic E-state index is 3.66. The summed E-state index contributed by atoms with van der Waals surface area (Å²) in [5.74, 6) is 0. The Kier molecular flexibility index (Phi) is 11.2. The molecule has 0 amide bonds. The number of rotatable bonds is 6. The van der Waals surface area contributed by atoms with Crippen molar-refractivity contribution in [2.75, 3.05) is 0 Å². The van der Waals surface area contributed by atoms with Crippen LogP contribution in [0, 0.1) is 0 Å². The van der Waals surface area contributed by atoms with Gasteiger partial charge in [-0.05, 0) is 12.0 Å². The zero-order valence-corrected chi connectivity index (χ0v) is 10.9. The van der Waals surface area contributed by atoms with Crippen molar-refractivity contribution in [2.24, 2.45) is 0 Å². The number of hydrogen-bond acceptors (Lipinski definition) is 0. The first-order valence-electron chi connectivity index (χ1n) is 6.49. The van der Waals surface area contributed by atoms with Crippen molar-refractivity contribution in [1.82, 2.24) is 0 Å². The lowest BCUT2D eigenvalue weighted by molar-refractivity contribution is 0.656. The van der Waals surface area contributed by atoms with E-state index in [1.807, 2.05) is 24.3 Å². The Labute approximate surface area is 101 Å². The van der Waals surface area contributed by atoms with Crippen molar-refractivity contribution in [3.05, 3.63) is 48.6 Å². The highest BCUT2D eigenvalue weighted by Gasteiger charge is 1.82. The van der Waals surface area contributed by atoms with Crippen LogP contribution >= 0.6 is 0 Å². The fraction of sp³-hybridized carbons (Fsp3) is 0.500. The van der Waals surface area contributed by atoms with Crippen molar-refractivity contribution < 1.29 is 0 Å². The SMILES string of the molecule is C=CCc1ccccc1.CCCCCCC. The average Bonchev–Trinajstić information content (AvgIpc) is 2.32. The van der Waals surface area contributed by atoms with Crippen LogP contribution in [-0.2, 0) is 6.42 Å². The maximum Gasteiger partial charge on any atom is -0.0100 e. The van der Waals surface area contributed by atoms with Gasteiger partial charge in [0.2, 0.25) is 0 Å². The number of hydrogen-bond donors (Lipinski definition) is 0. The van der Waals surface area contributed by atoms with E-state index in [2.05, 4.69) is 32.6 Å². The van der Waals surface area contributed by atoms with Gasteiger partial charge < -0.3 is 0 Å². The normalized spacial score (nSPS) is 9.12. The second-order valence-electron chi connectivity index (χ2n) is 4.04. The molecule has 0 saturated heterocycles. The molecule has 0 nitrogen and oxygen atoms in total. The molecular formula is C16H26. The van der Waals surface area contributed by atoms with E-state index in [1.54, 1.807) is 0 Å². The highest BCUT2D eigenvalue weighted by molar-refractivity contribution is 5.16. The van der Waals surface area contributed by atoms with E-state index in [0.29, 0.717) is 0 Å². The molecule has 0 aliphatic heterocycles. The van der Waals surface area contributed by atoms with E-state index < -0.39 is 0 Å². The van der Waals surface area contributed by atoms with Crippen molar-refractivity contribution in [2.45, 2.75) is 52.4 Å². The van der Waals surface area contributed by atoms with Gasteiger partial charge in [-0.1, -0.05) is 82.4 Å². The molecule has 16 heavy (non-hydrogen) atoms. The Morgan fingerprint density at radius 2 is 1.50 bits per heavy atom. The monoisotopic (exact) mass is 218 g/mol. The summed E-state index contributed by atoms with van der Waals surface area (Å²) in [4.78, 5) is 0. The van der Waals surface area contributed by atoms with E-state index in [9.17, 15) is 0 Å². The minimum Gasteiger partial charge on any atom is -0.103 e. The first kappa shape index (κ1) is 15.0. The molecule has 0 aliphatic rings. The smallest absolute Gasteiger partial charge is 0.0100 e. The van der Waals surface area contributed by atoms with Crippen molar-refractivity contribution in [3.8, 4) is 0 Å². The van der Waals surface area contributed by atoms with E-state index in [4.69, 9.17) is 0 Å². The van der Waals surface area contributed by atoms with Gasteiger partial charge in [-0.25, -0.2) is 0 Å². The van der Waals surface area contributed by atoms with Gasteiger partial charge in [0.25, 0.3) is 0 Å². The van der Waals surface area contributed by atoms with Gasteiger partial charge in [0, 0.05) is 0 Å². The van der Waals surface area contributed by atoms with E-state index in [0.717, 1.165) is 6.42 Å². The summed E-state index contributed by atoms with van der Waals surface area (Å²) < 4.78 is 0. The zero-order chi connectivity index (χ0) is 12.1. The summed E-state index contributed by atoms with van der Waals surface area (Å²) in [5.41, 5.74) is 1.33. The average molecular weight is 218 g/mol. The van der Waals surface area contributed by atoms with Crippen LogP contribution in [0.3, 0.4) is 0 Å². The van der Waals surface area contributed by atoms with Crippen LogP contribution in [0.1, 0.15) is 51.5 Å².